The minimum Gasteiger partial charge on any atom is -0.340 e. The zero-order valence-electron chi connectivity index (χ0n) is 18.0. The van der Waals surface area contributed by atoms with Crippen molar-refractivity contribution in [1.82, 2.24) is 24.3 Å². The van der Waals surface area contributed by atoms with E-state index in [0.717, 1.165) is 31.2 Å². The smallest absolute Gasteiger partial charge is 0.240 e. The van der Waals surface area contributed by atoms with Crippen LogP contribution < -0.4 is 0 Å². The highest BCUT2D eigenvalue weighted by Gasteiger charge is 2.40. The fraction of sp³-hybridized carbons (Fsp3) is 0.545. The molecule has 168 valence electrons. The number of likely N-dealkylation sites (N-methyl/N-ethyl adjacent to an activating group) is 1. The Kier molecular flexibility index (Phi) is 6.93. The third-order valence-corrected chi connectivity index (χ3v) is 7.43. The standard InChI is InChI=1S/C22H29F2N5OS/c1-26-8-4-9-28(12-11-26)21(30)20-13-16(31-22-25-7-10-27(22)2)14-29(20)15-17-18(23)5-3-6-19(17)24/h3,5-7,10,16,20H,4,8-9,11-15H2,1-2H3/t16-,20+/m1/s1. The summed E-state index contributed by atoms with van der Waals surface area (Å²) in [5.74, 6) is -1.07. The Morgan fingerprint density at radius 1 is 1.16 bits per heavy atom. The van der Waals surface area contributed by atoms with Crippen molar-refractivity contribution in [2.24, 2.45) is 7.05 Å². The maximum Gasteiger partial charge on any atom is 0.240 e. The van der Waals surface area contributed by atoms with Gasteiger partial charge in [-0.15, -0.1) is 0 Å². The fourth-order valence-electron chi connectivity index (χ4n) is 4.36. The molecule has 2 atom stereocenters. The van der Waals surface area contributed by atoms with E-state index in [-0.39, 0.29) is 29.3 Å². The highest BCUT2D eigenvalue weighted by atomic mass is 32.2. The van der Waals surface area contributed by atoms with Crippen LogP contribution in [0.3, 0.4) is 0 Å². The van der Waals surface area contributed by atoms with Gasteiger partial charge in [-0.3, -0.25) is 9.69 Å². The monoisotopic (exact) mass is 449 g/mol. The predicted octanol–water partition coefficient (Wildman–Crippen LogP) is 2.60. The summed E-state index contributed by atoms with van der Waals surface area (Å²) in [6, 6.07) is 3.53. The average Bonchev–Trinajstić information content (AvgIpc) is 3.25. The quantitative estimate of drug-likeness (QED) is 0.702. The largest absolute Gasteiger partial charge is 0.340 e. The summed E-state index contributed by atoms with van der Waals surface area (Å²) in [5, 5.41) is 1.01. The van der Waals surface area contributed by atoms with Crippen molar-refractivity contribution in [3.63, 3.8) is 0 Å². The molecular formula is C22H29F2N5OS. The second kappa shape index (κ2) is 9.67. The summed E-state index contributed by atoms with van der Waals surface area (Å²) < 4.78 is 30.7. The third-order valence-electron chi connectivity index (χ3n) is 6.15. The molecule has 6 nitrogen and oxygen atoms in total. The van der Waals surface area contributed by atoms with E-state index in [1.54, 1.807) is 18.0 Å². The molecule has 0 unspecified atom stereocenters. The topological polar surface area (TPSA) is 44.6 Å². The van der Waals surface area contributed by atoms with Crippen molar-refractivity contribution in [2.45, 2.75) is 35.8 Å². The van der Waals surface area contributed by atoms with Gasteiger partial charge >= 0.3 is 0 Å². The number of benzene rings is 1. The molecule has 0 N–H and O–H groups in total. The fourth-order valence-corrected chi connectivity index (χ4v) is 5.55. The van der Waals surface area contributed by atoms with Crippen LogP contribution >= 0.6 is 11.8 Å². The number of rotatable bonds is 5. The molecule has 2 saturated heterocycles. The number of imidazole rings is 1. The SMILES string of the molecule is CN1CCCN(C(=O)[C@@H]2C[C@@H](Sc3nccn3C)CN2Cc2c(F)cccc2F)CC1. The lowest BCUT2D eigenvalue weighted by molar-refractivity contribution is -0.136. The Morgan fingerprint density at radius 3 is 2.65 bits per heavy atom. The van der Waals surface area contributed by atoms with Gasteiger partial charge in [0.15, 0.2) is 5.16 Å². The van der Waals surface area contributed by atoms with Crippen LogP contribution in [0, 0.1) is 11.6 Å². The Morgan fingerprint density at radius 2 is 1.94 bits per heavy atom. The third kappa shape index (κ3) is 5.10. The first-order valence-electron chi connectivity index (χ1n) is 10.7. The summed E-state index contributed by atoms with van der Waals surface area (Å²) in [5.41, 5.74) is 0.0264. The van der Waals surface area contributed by atoms with Crippen molar-refractivity contribution >= 4 is 17.7 Å². The van der Waals surface area contributed by atoms with Gasteiger partial charge in [-0.25, -0.2) is 13.8 Å². The van der Waals surface area contributed by atoms with Gasteiger partial charge in [0.05, 0.1) is 6.04 Å². The maximum absolute atomic E-state index is 14.4. The number of thioether (sulfide) groups is 1. The molecule has 2 fully saturated rings. The first-order chi connectivity index (χ1) is 14.9. The first kappa shape index (κ1) is 22.2. The van der Waals surface area contributed by atoms with Crippen LogP contribution in [0.2, 0.25) is 0 Å². The van der Waals surface area contributed by atoms with Crippen LogP contribution in [-0.2, 0) is 18.4 Å². The van der Waals surface area contributed by atoms with Crippen molar-refractivity contribution in [3.05, 3.63) is 47.8 Å². The van der Waals surface area contributed by atoms with E-state index >= 15 is 0 Å². The van der Waals surface area contributed by atoms with E-state index in [2.05, 4.69) is 16.9 Å². The first-order valence-corrected chi connectivity index (χ1v) is 11.6. The van der Waals surface area contributed by atoms with Crippen molar-refractivity contribution in [1.29, 1.82) is 0 Å². The number of hydrogen-bond donors (Lipinski definition) is 0. The summed E-state index contributed by atoms with van der Waals surface area (Å²) in [6.45, 7) is 3.88. The Bertz CT molecular complexity index is 903. The number of likely N-dealkylation sites (tertiary alicyclic amines) is 1. The zero-order valence-corrected chi connectivity index (χ0v) is 18.8. The van der Waals surface area contributed by atoms with E-state index in [1.165, 1.54) is 18.2 Å². The molecule has 2 aliphatic heterocycles. The molecule has 2 aliphatic rings. The highest BCUT2D eigenvalue weighted by Crippen LogP contribution is 2.34. The number of nitrogens with zero attached hydrogens (tertiary/aromatic N) is 5. The molecule has 0 aliphatic carbocycles. The molecule has 9 heteroatoms. The molecule has 4 rings (SSSR count). The van der Waals surface area contributed by atoms with Crippen LogP contribution in [0.1, 0.15) is 18.4 Å². The van der Waals surface area contributed by atoms with E-state index in [0.29, 0.717) is 19.5 Å². The van der Waals surface area contributed by atoms with Crippen LogP contribution in [0.4, 0.5) is 8.78 Å². The number of amides is 1. The Labute approximate surface area is 186 Å². The summed E-state index contributed by atoms with van der Waals surface area (Å²) >= 11 is 1.62. The van der Waals surface area contributed by atoms with Crippen molar-refractivity contribution < 1.29 is 13.6 Å². The Hall–Kier alpha value is -1.97. The molecule has 31 heavy (non-hydrogen) atoms. The normalized spacial score (nSPS) is 23.3. The summed E-state index contributed by atoms with van der Waals surface area (Å²) in [4.78, 5) is 24.0. The van der Waals surface area contributed by atoms with Crippen molar-refractivity contribution in [2.75, 3.05) is 39.8 Å². The molecule has 1 amide bonds. The predicted molar refractivity (Wildman–Crippen MR) is 117 cm³/mol. The molecule has 2 aromatic rings. The van der Waals surface area contributed by atoms with Gasteiger partial charge in [-0.05, 0) is 38.6 Å². The van der Waals surface area contributed by atoms with E-state index in [9.17, 15) is 13.6 Å². The second-order valence-electron chi connectivity index (χ2n) is 8.42. The molecule has 1 aromatic heterocycles. The Balaban J connectivity index is 1.54. The van der Waals surface area contributed by atoms with Gasteiger partial charge in [0.25, 0.3) is 0 Å². The van der Waals surface area contributed by atoms with E-state index in [4.69, 9.17) is 0 Å². The molecule has 1 aromatic carbocycles. The van der Waals surface area contributed by atoms with Crippen LogP contribution in [0.25, 0.3) is 0 Å². The molecule has 0 saturated carbocycles. The van der Waals surface area contributed by atoms with Crippen LogP contribution in [-0.4, -0.2) is 81.2 Å². The summed E-state index contributed by atoms with van der Waals surface area (Å²) in [6.07, 6.45) is 5.21. The minimum atomic E-state index is -0.567. The number of halogens is 2. The maximum atomic E-state index is 14.4. The van der Waals surface area contributed by atoms with Crippen molar-refractivity contribution in [3.8, 4) is 0 Å². The number of aromatic nitrogens is 2. The van der Waals surface area contributed by atoms with Gasteiger partial charge < -0.3 is 14.4 Å². The van der Waals surface area contributed by atoms with Gasteiger partial charge in [0.2, 0.25) is 5.91 Å². The molecular weight excluding hydrogens is 420 g/mol. The number of aryl methyl sites for hydroxylation is 1. The lowest BCUT2D eigenvalue weighted by atomic mass is 10.1. The lowest BCUT2D eigenvalue weighted by Crippen LogP contribution is -2.46. The molecule has 0 bridgehead atoms. The van der Waals surface area contributed by atoms with E-state index in [1.807, 2.05) is 27.6 Å². The number of carbonyl (C=O) groups excluding carboxylic acids is 1. The minimum absolute atomic E-state index is 0.0264. The number of carbonyl (C=O) groups is 1. The second-order valence-corrected chi connectivity index (χ2v) is 9.69. The lowest BCUT2D eigenvalue weighted by Gasteiger charge is -2.29. The zero-order chi connectivity index (χ0) is 22.0. The molecule has 0 spiro atoms. The molecule has 0 radical (unpaired) electrons. The van der Waals surface area contributed by atoms with Gasteiger partial charge in [0, 0.05) is 63.0 Å². The van der Waals surface area contributed by atoms with E-state index < -0.39 is 11.6 Å². The van der Waals surface area contributed by atoms with Gasteiger partial charge in [0.1, 0.15) is 11.6 Å². The van der Waals surface area contributed by atoms with Crippen LogP contribution in [0.5, 0.6) is 0 Å². The average molecular weight is 450 g/mol. The molecule has 3 heterocycles. The number of hydrogen-bond acceptors (Lipinski definition) is 5. The highest BCUT2D eigenvalue weighted by molar-refractivity contribution is 7.99. The summed E-state index contributed by atoms with van der Waals surface area (Å²) in [7, 11) is 4.00. The van der Waals surface area contributed by atoms with Gasteiger partial charge in [-0.2, -0.15) is 0 Å². The van der Waals surface area contributed by atoms with Crippen LogP contribution in [0.15, 0.2) is 35.7 Å². The van der Waals surface area contributed by atoms with Gasteiger partial charge in [-0.1, -0.05) is 17.8 Å².